The van der Waals surface area contributed by atoms with Gasteiger partial charge >= 0.3 is 5.97 Å². The van der Waals surface area contributed by atoms with Crippen LogP contribution in [0.5, 0.6) is 5.88 Å². The first-order valence-electron chi connectivity index (χ1n) is 5.22. The zero-order valence-electron chi connectivity index (χ0n) is 9.80. The molecule has 6 heteroatoms. The standard InChI is InChI=1S/C11H14N2O4/c1-3-17-11(15)5-4-9(14)8-6-10(16-2)13-7-12-8/h6-7H,3-5H2,1-2H3. The van der Waals surface area contributed by atoms with Gasteiger partial charge in [0.05, 0.1) is 20.1 Å². The number of carbonyl (C=O) groups excluding carboxylic acids is 2. The average Bonchev–Trinajstić information content (AvgIpc) is 2.36. The van der Waals surface area contributed by atoms with E-state index in [0.29, 0.717) is 12.5 Å². The highest BCUT2D eigenvalue weighted by molar-refractivity contribution is 5.96. The van der Waals surface area contributed by atoms with Crippen molar-refractivity contribution < 1.29 is 19.1 Å². The van der Waals surface area contributed by atoms with E-state index < -0.39 is 0 Å². The molecule has 0 aliphatic rings. The fourth-order valence-corrected chi connectivity index (χ4v) is 1.18. The summed E-state index contributed by atoms with van der Waals surface area (Å²) in [7, 11) is 1.45. The van der Waals surface area contributed by atoms with Crippen LogP contribution in [0, 0.1) is 0 Å². The minimum Gasteiger partial charge on any atom is -0.481 e. The van der Waals surface area contributed by atoms with Gasteiger partial charge < -0.3 is 9.47 Å². The molecule has 1 aromatic rings. The number of ether oxygens (including phenoxy) is 2. The molecule has 1 rings (SSSR count). The topological polar surface area (TPSA) is 78.4 Å². The molecule has 0 aliphatic heterocycles. The summed E-state index contributed by atoms with van der Waals surface area (Å²) in [5, 5.41) is 0. The number of ketones is 1. The van der Waals surface area contributed by atoms with E-state index in [1.165, 1.54) is 19.5 Å². The average molecular weight is 238 g/mol. The highest BCUT2D eigenvalue weighted by Crippen LogP contribution is 2.09. The van der Waals surface area contributed by atoms with Gasteiger partial charge in [0, 0.05) is 12.5 Å². The second-order valence-electron chi connectivity index (χ2n) is 3.17. The predicted octanol–water partition coefficient (Wildman–Crippen LogP) is 1.01. The first-order valence-corrected chi connectivity index (χ1v) is 5.22. The van der Waals surface area contributed by atoms with Gasteiger partial charge in [0.25, 0.3) is 0 Å². The summed E-state index contributed by atoms with van der Waals surface area (Å²) in [6.07, 6.45) is 1.37. The SMILES string of the molecule is CCOC(=O)CCC(=O)c1cc(OC)ncn1. The first-order chi connectivity index (χ1) is 8.17. The quantitative estimate of drug-likeness (QED) is 0.543. The van der Waals surface area contributed by atoms with Gasteiger partial charge in [-0.25, -0.2) is 9.97 Å². The molecule has 0 aliphatic carbocycles. The highest BCUT2D eigenvalue weighted by atomic mass is 16.5. The van der Waals surface area contributed by atoms with Crippen molar-refractivity contribution in [2.45, 2.75) is 19.8 Å². The number of rotatable bonds is 6. The minimum absolute atomic E-state index is 0.0546. The lowest BCUT2D eigenvalue weighted by Gasteiger charge is -2.02. The highest BCUT2D eigenvalue weighted by Gasteiger charge is 2.12. The zero-order chi connectivity index (χ0) is 12.7. The molecule has 17 heavy (non-hydrogen) atoms. The number of nitrogens with zero attached hydrogens (tertiary/aromatic N) is 2. The van der Waals surface area contributed by atoms with Crippen LogP contribution in [0.1, 0.15) is 30.3 Å². The number of esters is 1. The van der Waals surface area contributed by atoms with E-state index in [9.17, 15) is 9.59 Å². The maximum Gasteiger partial charge on any atom is 0.306 e. The summed E-state index contributed by atoms with van der Waals surface area (Å²) < 4.78 is 9.60. The van der Waals surface area contributed by atoms with Gasteiger partial charge in [-0.05, 0) is 6.92 Å². The first kappa shape index (κ1) is 13.1. The summed E-state index contributed by atoms with van der Waals surface area (Å²) in [6, 6.07) is 1.44. The summed E-state index contributed by atoms with van der Waals surface area (Å²) in [6.45, 7) is 2.03. The van der Waals surface area contributed by atoms with Gasteiger partial charge in [-0.15, -0.1) is 0 Å². The molecule has 0 saturated heterocycles. The fourth-order valence-electron chi connectivity index (χ4n) is 1.18. The summed E-state index contributed by atoms with van der Waals surface area (Å²) >= 11 is 0. The van der Waals surface area contributed by atoms with Crippen LogP contribution in [-0.2, 0) is 9.53 Å². The van der Waals surface area contributed by atoms with Crippen molar-refractivity contribution in [3.63, 3.8) is 0 Å². The van der Waals surface area contributed by atoms with E-state index in [-0.39, 0.29) is 30.3 Å². The molecule has 0 amide bonds. The number of hydrogen-bond acceptors (Lipinski definition) is 6. The van der Waals surface area contributed by atoms with Crippen molar-refractivity contribution in [1.29, 1.82) is 0 Å². The molecule has 0 radical (unpaired) electrons. The lowest BCUT2D eigenvalue weighted by molar-refractivity contribution is -0.143. The number of hydrogen-bond donors (Lipinski definition) is 0. The Labute approximate surface area is 99.0 Å². The van der Waals surface area contributed by atoms with Gasteiger partial charge in [0.15, 0.2) is 5.78 Å². The molecule has 0 saturated carbocycles. The Morgan fingerprint density at radius 3 is 2.71 bits per heavy atom. The molecule has 0 aromatic carbocycles. The summed E-state index contributed by atoms with van der Waals surface area (Å²) in [5.74, 6) is -0.305. The molecular weight excluding hydrogens is 224 g/mol. The second-order valence-corrected chi connectivity index (χ2v) is 3.17. The predicted molar refractivity (Wildman–Crippen MR) is 58.8 cm³/mol. The van der Waals surface area contributed by atoms with Crippen molar-refractivity contribution in [3.8, 4) is 5.88 Å². The molecule has 0 unspecified atom stereocenters. The largest absolute Gasteiger partial charge is 0.481 e. The lowest BCUT2D eigenvalue weighted by atomic mass is 10.1. The van der Waals surface area contributed by atoms with Crippen LogP contribution in [0.15, 0.2) is 12.4 Å². The third-order valence-corrected chi connectivity index (χ3v) is 2.00. The van der Waals surface area contributed by atoms with Crippen LogP contribution in [0.25, 0.3) is 0 Å². The molecule has 92 valence electrons. The van der Waals surface area contributed by atoms with E-state index in [2.05, 4.69) is 9.97 Å². The maximum absolute atomic E-state index is 11.7. The normalized spacial score (nSPS) is 9.76. The van der Waals surface area contributed by atoms with Crippen molar-refractivity contribution >= 4 is 11.8 Å². The van der Waals surface area contributed by atoms with Gasteiger partial charge in [-0.1, -0.05) is 0 Å². The van der Waals surface area contributed by atoms with Crippen LogP contribution in [0.4, 0.5) is 0 Å². The van der Waals surface area contributed by atoms with Crippen molar-refractivity contribution in [1.82, 2.24) is 9.97 Å². The van der Waals surface area contributed by atoms with Crippen LogP contribution >= 0.6 is 0 Å². The molecule has 6 nitrogen and oxygen atoms in total. The Kier molecular flexibility index (Phi) is 5.06. The lowest BCUT2D eigenvalue weighted by Crippen LogP contribution is -2.09. The minimum atomic E-state index is -0.387. The Hall–Kier alpha value is -1.98. The van der Waals surface area contributed by atoms with Gasteiger partial charge in [0.1, 0.15) is 12.0 Å². The Morgan fingerprint density at radius 2 is 2.06 bits per heavy atom. The summed E-state index contributed by atoms with van der Waals surface area (Å²) in [5.41, 5.74) is 0.237. The third kappa shape index (κ3) is 4.18. The molecular formula is C11H14N2O4. The fraction of sp³-hybridized carbons (Fsp3) is 0.455. The Morgan fingerprint density at radius 1 is 1.29 bits per heavy atom. The monoisotopic (exact) mass is 238 g/mol. The van der Waals surface area contributed by atoms with E-state index in [1.807, 2.05) is 0 Å². The van der Waals surface area contributed by atoms with Crippen molar-refractivity contribution in [2.75, 3.05) is 13.7 Å². The summed E-state index contributed by atoms with van der Waals surface area (Å²) in [4.78, 5) is 30.3. The van der Waals surface area contributed by atoms with E-state index in [4.69, 9.17) is 9.47 Å². The van der Waals surface area contributed by atoms with Crippen LogP contribution < -0.4 is 4.74 Å². The maximum atomic E-state index is 11.7. The molecule has 0 N–H and O–H groups in total. The second kappa shape index (κ2) is 6.57. The Balaban J connectivity index is 2.54. The van der Waals surface area contributed by atoms with Crippen LogP contribution in [-0.4, -0.2) is 35.4 Å². The van der Waals surface area contributed by atoms with Crippen molar-refractivity contribution in [3.05, 3.63) is 18.1 Å². The van der Waals surface area contributed by atoms with Crippen LogP contribution in [0.2, 0.25) is 0 Å². The molecule has 1 heterocycles. The molecule has 0 bridgehead atoms. The molecule has 0 fully saturated rings. The number of Topliss-reactive ketones (excluding diaryl/α,β-unsaturated/α-hetero) is 1. The van der Waals surface area contributed by atoms with E-state index in [0.717, 1.165) is 0 Å². The van der Waals surface area contributed by atoms with Crippen molar-refractivity contribution in [2.24, 2.45) is 0 Å². The molecule has 0 atom stereocenters. The third-order valence-electron chi connectivity index (χ3n) is 2.00. The zero-order valence-corrected chi connectivity index (χ0v) is 9.80. The number of methoxy groups -OCH3 is 1. The Bertz CT molecular complexity index is 406. The smallest absolute Gasteiger partial charge is 0.306 e. The van der Waals surface area contributed by atoms with E-state index >= 15 is 0 Å². The van der Waals surface area contributed by atoms with Gasteiger partial charge in [0.2, 0.25) is 5.88 Å². The number of aromatic nitrogens is 2. The van der Waals surface area contributed by atoms with Gasteiger partial charge in [-0.3, -0.25) is 9.59 Å². The van der Waals surface area contributed by atoms with Crippen LogP contribution in [0.3, 0.4) is 0 Å². The van der Waals surface area contributed by atoms with E-state index in [1.54, 1.807) is 6.92 Å². The number of carbonyl (C=O) groups is 2. The van der Waals surface area contributed by atoms with Gasteiger partial charge in [-0.2, -0.15) is 0 Å². The molecule has 1 aromatic heterocycles. The molecule has 0 spiro atoms.